The molecule has 320 valence electrons. The molecular formula is C50H90O5. The fourth-order valence-electron chi connectivity index (χ4n) is 9.21. The van der Waals surface area contributed by atoms with Crippen molar-refractivity contribution in [1.29, 1.82) is 0 Å². The van der Waals surface area contributed by atoms with Crippen LogP contribution in [-0.2, 0) is 23.9 Å². The molecule has 2 rings (SSSR count). The molecule has 2 saturated carbocycles. The van der Waals surface area contributed by atoms with E-state index in [-0.39, 0.29) is 41.9 Å². The molecule has 0 amide bonds. The summed E-state index contributed by atoms with van der Waals surface area (Å²) in [5.41, 5.74) is 0. The molecule has 7 atom stereocenters. The third kappa shape index (κ3) is 22.8. The molecular weight excluding hydrogens is 681 g/mol. The summed E-state index contributed by atoms with van der Waals surface area (Å²) in [5, 5.41) is 0. The molecule has 0 N–H and O–H groups in total. The largest absolute Gasteiger partial charge is 0.462 e. The molecule has 0 aliphatic heterocycles. The first-order valence-electron chi connectivity index (χ1n) is 24.5. The van der Waals surface area contributed by atoms with Gasteiger partial charge in [0.25, 0.3) is 0 Å². The summed E-state index contributed by atoms with van der Waals surface area (Å²) >= 11 is 0. The van der Waals surface area contributed by atoms with Crippen molar-refractivity contribution in [2.75, 3.05) is 0 Å². The molecule has 0 bridgehead atoms. The fourth-order valence-corrected chi connectivity index (χ4v) is 9.21. The van der Waals surface area contributed by atoms with E-state index in [0.717, 1.165) is 70.6 Å². The van der Waals surface area contributed by atoms with E-state index in [1.807, 2.05) is 0 Å². The number of Topliss-reactive ketones (excluding diaryl/α,β-unsaturated/α-hetero) is 1. The van der Waals surface area contributed by atoms with Crippen LogP contribution in [0, 0.1) is 29.6 Å². The standard InChI is InChI=1S/C50H90O5/c1-6-11-16-20-23-28-32-41(31-27-19-14-9-4)50(53)54-44(34-30-25-22-18-13-8-3)40-48(46-38-42(46)33-29-24-21-17-12-7-2)55-49(52)39-43-36-37-47(51)45(43)35-26-15-10-5/h15,26,41-46,48H,6-14,16-25,27-40H2,1-5H3. The highest BCUT2D eigenvalue weighted by atomic mass is 16.6. The molecule has 5 heteroatoms. The van der Waals surface area contributed by atoms with Crippen LogP contribution in [0.25, 0.3) is 0 Å². The van der Waals surface area contributed by atoms with Gasteiger partial charge in [-0.3, -0.25) is 14.4 Å². The Morgan fingerprint density at radius 3 is 1.75 bits per heavy atom. The molecule has 0 spiro atoms. The van der Waals surface area contributed by atoms with Gasteiger partial charge in [-0.15, -0.1) is 0 Å². The Labute approximate surface area is 341 Å². The van der Waals surface area contributed by atoms with Gasteiger partial charge in [-0.05, 0) is 69.1 Å². The summed E-state index contributed by atoms with van der Waals surface area (Å²) in [6, 6.07) is 0. The molecule has 2 aliphatic rings. The Morgan fingerprint density at radius 2 is 1.16 bits per heavy atom. The average molecular weight is 771 g/mol. The van der Waals surface area contributed by atoms with Crippen molar-refractivity contribution in [1.82, 2.24) is 0 Å². The Bertz CT molecular complexity index is 1000. The number of carbonyl (C=O) groups is 3. The number of unbranched alkanes of at least 4 members (excludes halogenated alkanes) is 18. The van der Waals surface area contributed by atoms with E-state index < -0.39 is 0 Å². The van der Waals surface area contributed by atoms with Crippen LogP contribution in [-0.4, -0.2) is 29.9 Å². The maximum atomic E-state index is 14.1. The van der Waals surface area contributed by atoms with E-state index in [1.54, 1.807) is 0 Å². The van der Waals surface area contributed by atoms with Crippen LogP contribution in [0.1, 0.15) is 247 Å². The smallest absolute Gasteiger partial charge is 0.309 e. The number of hydrogen-bond donors (Lipinski definition) is 0. The molecule has 0 saturated heterocycles. The van der Waals surface area contributed by atoms with Gasteiger partial charge in [0.15, 0.2) is 0 Å². The Kier molecular flexibility index (Phi) is 29.1. The first kappa shape index (κ1) is 49.5. The van der Waals surface area contributed by atoms with Crippen LogP contribution < -0.4 is 0 Å². The molecule has 0 aromatic heterocycles. The first-order chi connectivity index (χ1) is 26.9. The maximum Gasteiger partial charge on any atom is 0.309 e. The van der Waals surface area contributed by atoms with Crippen molar-refractivity contribution >= 4 is 17.7 Å². The second-order valence-electron chi connectivity index (χ2n) is 17.9. The molecule has 0 radical (unpaired) electrons. The van der Waals surface area contributed by atoms with Crippen LogP contribution in [0.3, 0.4) is 0 Å². The normalized spacial score (nSPS) is 21.2. The predicted molar refractivity (Wildman–Crippen MR) is 232 cm³/mol. The fraction of sp³-hybridized carbons (Fsp3) is 0.900. The number of esters is 2. The highest BCUT2D eigenvalue weighted by Crippen LogP contribution is 2.48. The van der Waals surface area contributed by atoms with Crippen LogP contribution in [0.4, 0.5) is 0 Å². The minimum atomic E-state index is -0.215. The second kappa shape index (κ2) is 32.3. The van der Waals surface area contributed by atoms with Gasteiger partial charge < -0.3 is 9.47 Å². The topological polar surface area (TPSA) is 69.7 Å². The van der Waals surface area contributed by atoms with Gasteiger partial charge in [-0.25, -0.2) is 0 Å². The number of carbonyl (C=O) groups excluding carboxylic acids is 3. The van der Waals surface area contributed by atoms with Gasteiger partial charge in [0, 0.05) is 25.2 Å². The first-order valence-corrected chi connectivity index (χ1v) is 24.5. The minimum Gasteiger partial charge on any atom is -0.462 e. The Balaban J connectivity index is 2.18. The summed E-state index contributed by atoms with van der Waals surface area (Å²) in [5.74, 6) is 1.05. The summed E-state index contributed by atoms with van der Waals surface area (Å²) in [6.45, 7) is 11.1. The van der Waals surface area contributed by atoms with Gasteiger partial charge in [0.2, 0.25) is 0 Å². The quantitative estimate of drug-likeness (QED) is 0.0357. The average Bonchev–Trinajstić information content (AvgIpc) is 3.87. The van der Waals surface area contributed by atoms with Gasteiger partial charge in [0.05, 0.1) is 5.92 Å². The van der Waals surface area contributed by atoms with Crippen molar-refractivity contribution in [3.8, 4) is 0 Å². The van der Waals surface area contributed by atoms with E-state index in [2.05, 4.69) is 46.8 Å². The zero-order valence-corrected chi connectivity index (χ0v) is 37.1. The van der Waals surface area contributed by atoms with Crippen molar-refractivity contribution in [3.05, 3.63) is 12.2 Å². The molecule has 2 aliphatic carbocycles. The van der Waals surface area contributed by atoms with Crippen molar-refractivity contribution in [3.63, 3.8) is 0 Å². The molecule has 0 heterocycles. The summed E-state index contributed by atoms with van der Waals surface area (Å²) in [6.07, 6.45) is 39.9. The van der Waals surface area contributed by atoms with Crippen LogP contribution in [0.2, 0.25) is 0 Å². The van der Waals surface area contributed by atoms with Gasteiger partial charge in [-0.1, -0.05) is 188 Å². The molecule has 0 aromatic carbocycles. The lowest BCUT2D eigenvalue weighted by molar-refractivity contribution is -0.161. The molecule has 5 nitrogen and oxygen atoms in total. The third-order valence-corrected chi connectivity index (χ3v) is 12.9. The summed E-state index contributed by atoms with van der Waals surface area (Å²) in [7, 11) is 0. The van der Waals surface area contributed by atoms with Crippen LogP contribution in [0.5, 0.6) is 0 Å². The number of ketones is 1. The van der Waals surface area contributed by atoms with Crippen molar-refractivity contribution in [2.24, 2.45) is 29.6 Å². The zero-order chi connectivity index (χ0) is 39.9. The Morgan fingerprint density at radius 1 is 0.636 bits per heavy atom. The maximum absolute atomic E-state index is 14.1. The third-order valence-electron chi connectivity index (χ3n) is 12.9. The van der Waals surface area contributed by atoms with Gasteiger partial charge in [0.1, 0.15) is 18.0 Å². The van der Waals surface area contributed by atoms with E-state index in [4.69, 9.17) is 9.47 Å². The molecule has 55 heavy (non-hydrogen) atoms. The summed E-state index contributed by atoms with van der Waals surface area (Å²) < 4.78 is 13.1. The lowest BCUT2D eigenvalue weighted by Crippen LogP contribution is -2.32. The lowest BCUT2D eigenvalue weighted by Gasteiger charge is -2.27. The molecule has 7 unspecified atom stereocenters. The monoisotopic (exact) mass is 771 g/mol. The van der Waals surface area contributed by atoms with Crippen LogP contribution in [0.15, 0.2) is 12.2 Å². The van der Waals surface area contributed by atoms with E-state index in [0.29, 0.717) is 36.9 Å². The van der Waals surface area contributed by atoms with Gasteiger partial charge >= 0.3 is 11.9 Å². The highest BCUT2D eigenvalue weighted by molar-refractivity contribution is 5.84. The molecule has 0 aromatic rings. The number of ether oxygens (including phenoxy) is 2. The minimum absolute atomic E-state index is 0.00186. The van der Waals surface area contributed by atoms with Crippen LogP contribution >= 0.6 is 0 Å². The van der Waals surface area contributed by atoms with E-state index in [1.165, 1.54) is 122 Å². The Hall–Kier alpha value is -1.65. The molecule has 2 fully saturated rings. The number of hydrogen-bond acceptors (Lipinski definition) is 5. The number of rotatable bonds is 37. The van der Waals surface area contributed by atoms with Crippen molar-refractivity contribution < 1.29 is 23.9 Å². The number of allylic oxidation sites excluding steroid dienone is 2. The predicted octanol–water partition coefficient (Wildman–Crippen LogP) is 15.0. The highest BCUT2D eigenvalue weighted by Gasteiger charge is 2.46. The van der Waals surface area contributed by atoms with Crippen molar-refractivity contribution in [2.45, 2.75) is 259 Å². The van der Waals surface area contributed by atoms with E-state index >= 15 is 0 Å². The lowest BCUT2D eigenvalue weighted by atomic mass is 9.89. The SMILES string of the molecule is CCC=CCC1C(=O)CCC1CC(=O)OC(CC(CCCCCCCC)OC(=O)C(CCCCCC)CCCCCCCC)C1CC1CCCCCCCC. The second-order valence-corrected chi connectivity index (χ2v) is 17.9. The summed E-state index contributed by atoms with van der Waals surface area (Å²) in [4.78, 5) is 40.7. The zero-order valence-electron chi connectivity index (χ0n) is 37.1. The van der Waals surface area contributed by atoms with Gasteiger partial charge in [-0.2, -0.15) is 0 Å². The van der Waals surface area contributed by atoms with E-state index in [9.17, 15) is 14.4 Å².